The van der Waals surface area contributed by atoms with Crippen LogP contribution in [-0.2, 0) is 11.8 Å². The minimum atomic E-state index is -0.343. The number of hydrogen-bond acceptors (Lipinski definition) is 5. The van der Waals surface area contributed by atoms with E-state index in [-0.39, 0.29) is 24.2 Å². The van der Waals surface area contributed by atoms with Crippen molar-refractivity contribution in [3.05, 3.63) is 36.0 Å². The summed E-state index contributed by atoms with van der Waals surface area (Å²) in [6, 6.07) is 6.93. The Hall–Kier alpha value is -3.03. The first-order valence-electron chi connectivity index (χ1n) is 7.21. The van der Waals surface area contributed by atoms with Crippen LogP contribution in [0, 0.1) is 0 Å². The molecular formula is C16H20N4O4. The number of rotatable bonds is 6. The molecule has 0 aliphatic rings. The molecule has 0 spiro atoms. The molecule has 128 valence electrons. The number of anilines is 1. The molecule has 1 aromatic heterocycles. The number of hydrogen-bond donors (Lipinski definition) is 1. The van der Waals surface area contributed by atoms with Crippen LogP contribution in [0.2, 0.25) is 0 Å². The fraction of sp³-hybridized carbons (Fsp3) is 0.312. The second-order valence-corrected chi connectivity index (χ2v) is 5.16. The Morgan fingerprint density at radius 3 is 2.46 bits per heavy atom. The maximum atomic E-state index is 12.4. The van der Waals surface area contributed by atoms with E-state index in [1.807, 2.05) is 0 Å². The molecule has 8 heteroatoms. The first-order valence-corrected chi connectivity index (χ1v) is 7.21. The number of likely N-dealkylation sites (N-methyl/N-ethyl adjacent to an activating group) is 1. The SMILES string of the molecule is COc1ccc(NC(=O)CN(C)C(=O)c2cn(C)nc2OC)cc1. The van der Waals surface area contributed by atoms with Gasteiger partial charge >= 0.3 is 0 Å². The number of aromatic nitrogens is 2. The van der Waals surface area contributed by atoms with Crippen LogP contribution in [0.3, 0.4) is 0 Å². The topological polar surface area (TPSA) is 85.7 Å². The summed E-state index contributed by atoms with van der Waals surface area (Å²) < 4.78 is 11.6. The highest BCUT2D eigenvalue weighted by Gasteiger charge is 2.21. The third-order valence-corrected chi connectivity index (χ3v) is 3.32. The molecule has 0 aliphatic heterocycles. The zero-order valence-electron chi connectivity index (χ0n) is 14.1. The van der Waals surface area contributed by atoms with E-state index in [0.29, 0.717) is 17.0 Å². The number of aryl methyl sites for hydroxylation is 1. The molecule has 1 N–H and O–H groups in total. The highest BCUT2D eigenvalue weighted by Crippen LogP contribution is 2.17. The van der Waals surface area contributed by atoms with E-state index in [2.05, 4.69) is 10.4 Å². The molecular weight excluding hydrogens is 312 g/mol. The van der Waals surface area contributed by atoms with Crippen molar-refractivity contribution in [1.82, 2.24) is 14.7 Å². The predicted molar refractivity (Wildman–Crippen MR) is 88.3 cm³/mol. The van der Waals surface area contributed by atoms with Gasteiger partial charge in [-0.05, 0) is 24.3 Å². The van der Waals surface area contributed by atoms with Crippen LogP contribution in [0.25, 0.3) is 0 Å². The fourth-order valence-corrected chi connectivity index (χ4v) is 2.13. The summed E-state index contributed by atoms with van der Waals surface area (Å²) in [7, 11) is 6.24. The maximum Gasteiger partial charge on any atom is 0.261 e. The van der Waals surface area contributed by atoms with E-state index in [1.165, 1.54) is 16.7 Å². The molecule has 1 heterocycles. The van der Waals surface area contributed by atoms with Crippen molar-refractivity contribution >= 4 is 17.5 Å². The average molecular weight is 332 g/mol. The van der Waals surface area contributed by atoms with Crippen LogP contribution in [0.15, 0.2) is 30.5 Å². The molecule has 0 saturated carbocycles. The van der Waals surface area contributed by atoms with E-state index < -0.39 is 0 Å². The van der Waals surface area contributed by atoms with Gasteiger partial charge in [-0.2, -0.15) is 0 Å². The van der Waals surface area contributed by atoms with Gasteiger partial charge in [0.25, 0.3) is 5.91 Å². The highest BCUT2D eigenvalue weighted by atomic mass is 16.5. The van der Waals surface area contributed by atoms with Crippen LogP contribution in [0.5, 0.6) is 11.6 Å². The van der Waals surface area contributed by atoms with E-state index in [4.69, 9.17) is 9.47 Å². The minimum absolute atomic E-state index is 0.0943. The molecule has 0 radical (unpaired) electrons. The summed E-state index contributed by atoms with van der Waals surface area (Å²) in [4.78, 5) is 25.8. The number of benzene rings is 1. The van der Waals surface area contributed by atoms with Gasteiger partial charge in [0, 0.05) is 26.0 Å². The van der Waals surface area contributed by atoms with Crippen molar-refractivity contribution in [1.29, 1.82) is 0 Å². The Bertz CT molecular complexity index is 724. The summed E-state index contributed by atoms with van der Waals surface area (Å²) in [5.41, 5.74) is 0.931. The van der Waals surface area contributed by atoms with Crippen molar-refractivity contribution in [2.24, 2.45) is 7.05 Å². The van der Waals surface area contributed by atoms with Crippen LogP contribution in [0.4, 0.5) is 5.69 Å². The molecule has 0 aliphatic carbocycles. The van der Waals surface area contributed by atoms with Gasteiger partial charge in [0.15, 0.2) is 0 Å². The van der Waals surface area contributed by atoms with E-state index >= 15 is 0 Å². The third-order valence-electron chi connectivity index (χ3n) is 3.32. The summed E-state index contributed by atoms with van der Waals surface area (Å²) in [5, 5.41) is 6.75. The smallest absolute Gasteiger partial charge is 0.261 e. The van der Waals surface area contributed by atoms with Gasteiger partial charge in [-0.15, -0.1) is 5.10 Å². The van der Waals surface area contributed by atoms with Crippen molar-refractivity contribution in [3.8, 4) is 11.6 Å². The van der Waals surface area contributed by atoms with Crippen molar-refractivity contribution in [3.63, 3.8) is 0 Å². The number of methoxy groups -OCH3 is 2. The number of nitrogens with one attached hydrogen (secondary N) is 1. The minimum Gasteiger partial charge on any atom is -0.497 e. The lowest BCUT2D eigenvalue weighted by atomic mass is 10.3. The molecule has 24 heavy (non-hydrogen) atoms. The number of nitrogens with zero attached hydrogens (tertiary/aromatic N) is 3. The molecule has 2 aromatic rings. The lowest BCUT2D eigenvalue weighted by molar-refractivity contribution is -0.116. The van der Waals surface area contributed by atoms with Crippen molar-refractivity contribution in [2.75, 3.05) is 33.1 Å². The third kappa shape index (κ3) is 4.03. The summed E-state index contributed by atoms with van der Waals surface area (Å²) in [5.74, 6) is 0.276. The average Bonchev–Trinajstić information content (AvgIpc) is 2.95. The second-order valence-electron chi connectivity index (χ2n) is 5.16. The molecule has 0 bridgehead atoms. The monoisotopic (exact) mass is 332 g/mol. The van der Waals surface area contributed by atoms with E-state index in [1.54, 1.807) is 51.7 Å². The molecule has 0 saturated heterocycles. The van der Waals surface area contributed by atoms with Crippen LogP contribution < -0.4 is 14.8 Å². The first kappa shape index (κ1) is 17.3. The van der Waals surface area contributed by atoms with Gasteiger partial charge in [-0.1, -0.05) is 0 Å². The normalized spacial score (nSPS) is 10.2. The molecule has 0 atom stereocenters. The van der Waals surface area contributed by atoms with Gasteiger partial charge < -0.3 is 19.7 Å². The van der Waals surface area contributed by atoms with Gasteiger partial charge in [0.05, 0.1) is 20.8 Å². The second kappa shape index (κ2) is 7.49. The molecule has 1 aromatic carbocycles. The fourth-order valence-electron chi connectivity index (χ4n) is 2.13. The van der Waals surface area contributed by atoms with Crippen molar-refractivity contribution in [2.45, 2.75) is 0 Å². The van der Waals surface area contributed by atoms with Crippen LogP contribution >= 0.6 is 0 Å². The predicted octanol–water partition coefficient (Wildman–Crippen LogP) is 1.15. The Balaban J connectivity index is 1.98. The van der Waals surface area contributed by atoms with Crippen LogP contribution in [-0.4, -0.2) is 54.3 Å². The molecule has 2 rings (SSSR count). The quantitative estimate of drug-likeness (QED) is 0.857. The zero-order chi connectivity index (χ0) is 17.7. The van der Waals surface area contributed by atoms with Gasteiger partial charge in [0.2, 0.25) is 11.8 Å². The number of amides is 2. The van der Waals surface area contributed by atoms with Gasteiger partial charge in [-0.25, -0.2) is 0 Å². The van der Waals surface area contributed by atoms with Gasteiger partial charge in [0.1, 0.15) is 11.3 Å². The molecule has 2 amide bonds. The van der Waals surface area contributed by atoms with Gasteiger partial charge in [-0.3, -0.25) is 14.3 Å². The largest absolute Gasteiger partial charge is 0.497 e. The first-order chi connectivity index (χ1) is 11.4. The Morgan fingerprint density at radius 2 is 1.88 bits per heavy atom. The standard InChI is InChI=1S/C16H20N4O4/c1-19(16(22)13-9-20(2)18-15(13)24-4)10-14(21)17-11-5-7-12(23-3)8-6-11/h5-9H,10H2,1-4H3,(H,17,21). The number of ether oxygens (including phenoxy) is 2. The maximum absolute atomic E-state index is 12.4. The van der Waals surface area contributed by atoms with Crippen molar-refractivity contribution < 1.29 is 19.1 Å². The van der Waals surface area contributed by atoms with E-state index in [0.717, 1.165) is 0 Å². The zero-order valence-corrected chi connectivity index (χ0v) is 14.1. The lowest BCUT2D eigenvalue weighted by Gasteiger charge is -2.16. The summed E-state index contributed by atoms with van der Waals surface area (Å²) in [6.07, 6.45) is 1.55. The molecule has 0 unspecified atom stereocenters. The number of carbonyl (C=O) groups excluding carboxylic acids is 2. The lowest BCUT2D eigenvalue weighted by Crippen LogP contribution is -2.35. The Kier molecular flexibility index (Phi) is 5.41. The number of carbonyl (C=O) groups is 2. The Labute approximate surface area is 140 Å². The molecule has 0 fully saturated rings. The summed E-state index contributed by atoms with van der Waals surface area (Å²) >= 11 is 0. The summed E-state index contributed by atoms with van der Waals surface area (Å²) in [6.45, 7) is -0.0943. The molecule has 8 nitrogen and oxygen atoms in total. The highest BCUT2D eigenvalue weighted by molar-refractivity contribution is 6.00. The van der Waals surface area contributed by atoms with E-state index in [9.17, 15) is 9.59 Å². The Morgan fingerprint density at radius 1 is 1.21 bits per heavy atom. The van der Waals surface area contributed by atoms with Crippen LogP contribution in [0.1, 0.15) is 10.4 Å².